The molecule has 0 spiro atoms. The van der Waals surface area contributed by atoms with Crippen molar-refractivity contribution in [2.75, 3.05) is 13.1 Å². The van der Waals surface area contributed by atoms with Gasteiger partial charge in [-0.05, 0) is 30.1 Å². The first-order valence-corrected chi connectivity index (χ1v) is 6.41. The van der Waals surface area contributed by atoms with Crippen LogP contribution >= 0.6 is 0 Å². The molecular formula is C13H26KN2O2. The van der Waals surface area contributed by atoms with Gasteiger partial charge in [-0.25, -0.2) is 0 Å². The quantitative estimate of drug-likeness (QED) is 0.523. The van der Waals surface area contributed by atoms with Crippen LogP contribution in [0.4, 0.5) is 0 Å². The van der Waals surface area contributed by atoms with Crippen LogP contribution in [0, 0.1) is 10.8 Å². The normalized spacial score (nSPS) is 30.6. The van der Waals surface area contributed by atoms with Gasteiger partial charge in [0.1, 0.15) is 0 Å². The van der Waals surface area contributed by atoms with E-state index in [9.17, 15) is 4.79 Å². The average molecular weight is 281 g/mol. The molecule has 0 saturated heterocycles. The maximum Gasteiger partial charge on any atom is 0.304 e. The third-order valence-electron chi connectivity index (χ3n) is 3.54. The standard InChI is InChI=1S/C13H26N2O2.K/c1-12(2)6-10(14)7-13(3,8-12)9-15-5-4-11(16)17;/h10,15H,4-9,14H2,1-3H3,(H,16,17);. The molecule has 4 N–H and O–H groups in total. The first-order valence-electron chi connectivity index (χ1n) is 6.41. The summed E-state index contributed by atoms with van der Waals surface area (Å²) in [5.41, 5.74) is 6.60. The van der Waals surface area contributed by atoms with Crippen LogP contribution in [0.3, 0.4) is 0 Å². The van der Waals surface area contributed by atoms with Crippen LogP contribution in [0.25, 0.3) is 0 Å². The number of rotatable bonds is 5. The molecule has 0 amide bonds. The van der Waals surface area contributed by atoms with Crippen LogP contribution in [0.2, 0.25) is 0 Å². The van der Waals surface area contributed by atoms with Crippen molar-refractivity contribution in [3.8, 4) is 0 Å². The molecule has 1 aliphatic carbocycles. The number of nitrogens with two attached hydrogens (primary N) is 1. The zero-order valence-corrected chi connectivity index (χ0v) is 15.4. The molecule has 0 aliphatic heterocycles. The van der Waals surface area contributed by atoms with E-state index in [1.54, 1.807) is 0 Å². The molecule has 1 saturated carbocycles. The first-order chi connectivity index (χ1) is 7.72. The third-order valence-corrected chi connectivity index (χ3v) is 3.54. The second-order valence-electron chi connectivity index (χ2n) is 6.64. The van der Waals surface area contributed by atoms with Crippen molar-refractivity contribution in [3.63, 3.8) is 0 Å². The van der Waals surface area contributed by atoms with Gasteiger partial charge in [-0.15, -0.1) is 0 Å². The van der Waals surface area contributed by atoms with E-state index in [1.807, 2.05) is 0 Å². The van der Waals surface area contributed by atoms with Crippen molar-refractivity contribution in [1.29, 1.82) is 0 Å². The zero-order valence-electron chi connectivity index (χ0n) is 12.3. The largest absolute Gasteiger partial charge is 0.481 e. The zero-order chi connectivity index (χ0) is 13.1. The van der Waals surface area contributed by atoms with E-state index in [0.717, 1.165) is 25.8 Å². The van der Waals surface area contributed by atoms with Gasteiger partial charge in [-0.1, -0.05) is 20.8 Å². The summed E-state index contributed by atoms with van der Waals surface area (Å²) in [4.78, 5) is 10.4. The van der Waals surface area contributed by atoms with Crippen LogP contribution in [-0.4, -0.2) is 81.6 Å². The van der Waals surface area contributed by atoms with Crippen molar-refractivity contribution in [1.82, 2.24) is 5.32 Å². The minimum Gasteiger partial charge on any atom is -0.481 e. The van der Waals surface area contributed by atoms with Crippen molar-refractivity contribution in [2.45, 2.75) is 52.5 Å². The molecule has 1 aliphatic rings. The molecule has 0 aromatic carbocycles. The molecule has 0 aromatic heterocycles. The minimum absolute atomic E-state index is 0. The van der Waals surface area contributed by atoms with Gasteiger partial charge in [-0.2, -0.15) is 0 Å². The number of nitrogens with one attached hydrogen (secondary N) is 1. The van der Waals surface area contributed by atoms with Gasteiger partial charge in [0.05, 0.1) is 6.42 Å². The van der Waals surface area contributed by atoms with Crippen LogP contribution in [0.15, 0.2) is 0 Å². The second kappa shape index (κ2) is 7.71. The minimum atomic E-state index is -0.747. The number of aliphatic carboxylic acids is 1. The number of carbonyl (C=O) groups is 1. The Labute approximate surface area is 153 Å². The monoisotopic (exact) mass is 281 g/mol. The fourth-order valence-electron chi connectivity index (χ4n) is 3.43. The Bertz CT molecular complexity index is 284. The second-order valence-corrected chi connectivity index (χ2v) is 6.64. The summed E-state index contributed by atoms with van der Waals surface area (Å²) in [7, 11) is 0. The number of carboxylic acids is 1. The third kappa shape index (κ3) is 6.98. The van der Waals surface area contributed by atoms with Crippen molar-refractivity contribution in [2.24, 2.45) is 16.6 Å². The average Bonchev–Trinajstić information content (AvgIpc) is 2.07. The van der Waals surface area contributed by atoms with E-state index >= 15 is 0 Å². The van der Waals surface area contributed by atoms with E-state index in [4.69, 9.17) is 10.8 Å². The summed E-state index contributed by atoms with van der Waals surface area (Å²) < 4.78 is 0. The first kappa shape index (κ1) is 19.0. The number of carboxylic acid groups (broad SMARTS) is 1. The van der Waals surface area contributed by atoms with Crippen LogP contribution in [0.5, 0.6) is 0 Å². The summed E-state index contributed by atoms with van der Waals surface area (Å²) in [6, 6.07) is 0.269. The van der Waals surface area contributed by atoms with Crippen LogP contribution in [-0.2, 0) is 4.79 Å². The molecule has 2 unspecified atom stereocenters. The maximum atomic E-state index is 10.4. The van der Waals surface area contributed by atoms with E-state index < -0.39 is 5.97 Å². The smallest absolute Gasteiger partial charge is 0.304 e. The van der Waals surface area contributed by atoms with Gasteiger partial charge in [-0.3, -0.25) is 4.79 Å². The molecule has 1 fully saturated rings. The Morgan fingerprint density at radius 2 is 2.00 bits per heavy atom. The van der Waals surface area contributed by atoms with Crippen molar-refractivity contribution >= 4 is 57.4 Å². The van der Waals surface area contributed by atoms with Gasteiger partial charge in [0.2, 0.25) is 0 Å². The van der Waals surface area contributed by atoms with E-state index in [-0.39, 0.29) is 69.3 Å². The fraction of sp³-hybridized carbons (Fsp3) is 0.923. The fourth-order valence-corrected chi connectivity index (χ4v) is 3.43. The number of hydrogen-bond acceptors (Lipinski definition) is 3. The predicted octanol–water partition coefficient (Wildman–Crippen LogP) is 1.21. The molecule has 1 radical (unpaired) electrons. The van der Waals surface area contributed by atoms with E-state index in [2.05, 4.69) is 26.1 Å². The van der Waals surface area contributed by atoms with E-state index in [0.29, 0.717) is 12.0 Å². The Morgan fingerprint density at radius 3 is 2.50 bits per heavy atom. The molecule has 101 valence electrons. The summed E-state index contributed by atoms with van der Waals surface area (Å²) in [6.45, 7) is 8.18. The van der Waals surface area contributed by atoms with Crippen LogP contribution < -0.4 is 11.1 Å². The summed E-state index contributed by atoms with van der Waals surface area (Å²) in [5.74, 6) is -0.747. The van der Waals surface area contributed by atoms with Gasteiger partial charge >= 0.3 is 5.97 Å². The van der Waals surface area contributed by atoms with Gasteiger partial charge in [0.25, 0.3) is 0 Å². The topological polar surface area (TPSA) is 75.3 Å². The van der Waals surface area contributed by atoms with Crippen LogP contribution in [0.1, 0.15) is 46.5 Å². The molecule has 0 bridgehead atoms. The SMILES string of the molecule is CC1(C)CC(N)CC(C)(CNCCC(=O)O)C1.[K]. The number of hydrogen-bond donors (Lipinski definition) is 3. The molecular weight excluding hydrogens is 255 g/mol. The van der Waals surface area contributed by atoms with Crippen molar-refractivity contribution < 1.29 is 9.90 Å². The molecule has 4 nitrogen and oxygen atoms in total. The summed E-state index contributed by atoms with van der Waals surface area (Å²) >= 11 is 0. The Morgan fingerprint density at radius 1 is 1.39 bits per heavy atom. The molecule has 0 aromatic rings. The van der Waals surface area contributed by atoms with Gasteiger partial charge in [0.15, 0.2) is 0 Å². The predicted molar refractivity (Wildman–Crippen MR) is 74.6 cm³/mol. The summed E-state index contributed by atoms with van der Waals surface area (Å²) in [6.07, 6.45) is 3.44. The Hall–Kier alpha value is 1.03. The van der Waals surface area contributed by atoms with Gasteiger partial charge in [0, 0.05) is 70.5 Å². The van der Waals surface area contributed by atoms with E-state index in [1.165, 1.54) is 0 Å². The molecule has 2 atom stereocenters. The Kier molecular flexibility index (Phi) is 8.15. The molecule has 0 heterocycles. The molecule has 1 rings (SSSR count). The molecule has 18 heavy (non-hydrogen) atoms. The van der Waals surface area contributed by atoms with Gasteiger partial charge < -0.3 is 16.2 Å². The Balaban J connectivity index is 0.00000289. The maximum absolute atomic E-state index is 10.4. The summed E-state index contributed by atoms with van der Waals surface area (Å²) in [5, 5.41) is 11.8. The molecule has 5 heteroatoms. The van der Waals surface area contributed by atoms with Crippen molar-refractivity contribution in [3.05, 3.63) is 0 Å².